The van der Waals surface area contributed by atoms with Crippen molar-refractivity contribution < 1.29 is 14.3 Å². The molecule has 0 aliphatic heterocycles. The lowest BCUT2D eigenvalue weighted by Gasteiger charge is -2.11. The highest BCUT2D eigenvalue weighted by Crippen LogP contribution is 2.23. The van der Waals surface area contributed by atoms with Gasteiger partial charge in [0.15, 0.2) is 5.82 Å². The molecular formula is C28H26N6O3. The molecule has 2 aromatic heterocycles. The molecule has 1 N–H and O–H groups in total. The molecule has 0 unspecified atom stereocenters. The fourth-order valence-corrected chi connectivity index (χ4v) is 4.12. The topological polar surface area (TPSA) is 104 Å². The first-order chi connectivity index (χ1) is 18.1. The van der Waals surface area contributed by atoms with Gasteiger partial charge < -0.3 is 14.6 Å². The molecule has 5 rings (SSSR count). The van der Waals surface area contributed by atoms with Gasteiger partial charge in [-0.3, -0.25) is 9.48 Å². The molecule has 0 fully saturated rings. The first kappa shape index (κ1) is 23.9. The third-order valence-corrected chi connectivity index (χ3v) is 5.96. The van der Waals surface area contributed by atoms with Gasteiger partial charge in [0.2, 0.25) is 0 Å². The molecule has 37 heavy (non-hydrogen) atoms. The third kappa shape index (κ3) is 5.40. The zero-order valence-corrected chi connectivity index (χ0v) is 20.4. The summed E-state index contributed by atoms with van der Waals surface area (Å²) in [5.41, 5.74) is 4.95. The van der Waals surface area contributed by atoms with Crippen molar-refractivity contribution in [1.82, 2.24) is 29.6 Å². The van der Waals surface area contributed by atoms with Crippen molar-refractivity contribution in [3.63, 3.8) is 0 Å². The number of benzene rings is 3. The minimum atomic E-state index is -0.414. The highest BCUT2D eigenvalue weighted by atomic mass is 16.5. The van der Waals surface area contributed by atoms with Crippen molar-refractivity contribution in [2.24, 2.45) is 0 Å². The van der Waals surface area contributed by atoms with Crippen LogP contribution in [0.3, 0.4) is 0 Å². The normalized spacial score (nSPS) is 10.9. The van der Waals surface area contributed by atoms with Gasteiger partial charge in [-0.05, 0) is 41.8 Å². The minimum Gasteiger partial charge on any atom is -0.462 e. The summed E-state index contributed by atoms with van der Waals surface area (Å²) in [6.07, 6.45) is 3.04. The fraction of sp³-hybridized carbons (Fsp3) is 0.179. The smallest absolute Gasteiger partial charge is 0.338 e. The van der Waals surface area contributed by atoms with Crippen LogP contribution < -0.4 is 5.32 Å². The second-order valence-electron chi connectivity index (χ2n) is 8.42. The van der Waals surface area contributed by atoms with Crippen LogP contribution in [0.5, 0.6) is 0 Å². The Morgan fingerprint density at radius 1 is 0.973 bits per heavy atom. The first-order valence-corrected chi connectivity index (χ1v) is 12.0. The Hall–Kier alpha value is -4.79. The summed E-state index contributed by atoms with van der Waals surface area (Å²) in [5, 5.41) is 6.96. The molecule has 0 aliphatic carbocycles. The number of imidazole rings is 1. The lowest BCUT2D eigenvalue weighted by Crippen LogP contribution is -2.30. The summed E-state index contributed by atoms with van der Waals surface area (Å²) < 4.78 is 8.65. The van der Waals surface area contributed by atoms with Crippen LogP contribution in [0.2, 0.25) is 0 Å². The zero-order valence-electron chi connectivity index (χ0n) is 20.4. The van der Waals surface area contributed by atoms with Crippen LogP contribution in [0.15, 0.2) is 85.5 Å². The van der Waals surface area contributed by atoms with Crippen molar-refractivity contribution in [3.05, 3.63) is 102 Å². The van der Waals surface area contributed by atoms with Crippen molar-refractivity contribution in [3.8, 4) is 11.1 Å². The van der Waals surface area contributed by atoms with Crippen LogP contribution in [0.4, 0.5) is 0 Å². The van der Waals surface area contributed by atoms with E-state index in [0.29, 0.717) is 36.2 Å². The number of aromatic nitrogens is 5. The zero-order chi connectivity index (χ0) is 25.6. The van der Waals surface area contributed by atoms with Gasteiger partial charge in [-0.1, -0.05) is 54.6 Å². The molecule has 9 nitrogen and oxygen atoms in total. The maximum atomic E-state index is 13.2. The van der Waals surface area contributed by atoms with Crippen molar-refractivity contribution in [2.75, 3.05) is 13.2 Å². The van der Waals surface area contributed by atoms with Crippen molar-refractivity contribution in [2.45, 2.75) is 20.0 Å². The standard InChI is InChI=1S/C28H26N6O3/c1-2-37-28(36)23-12-13-24-25(16-23)34(26(32-24)27(35)30-14-15-33-19-29-18-31-33)17-20-8-10-22(11-9-20)21-6-4-3-5-7-21/h3-13,16,18-19H,2,14-15,17H2,1H3,(H,30,35). The number of ether oxygens (including phenoxy) is 1. The van der Waals surface area contributed by atoms with E-state index in [2.05, 4.69) is 44.6 Å². The van der Waals surface area contributed by atoms with Crippen LogP contribution in [-0.4, -0.2) is 49.3 Å². The molecule has 0 radical (unpaired) electrons. The highest BCUT2D eigenvalue weighted by Gasteiger charge is 2.19. The highest BCUT2D eigenvalue weighted by molar-refractivity contribution is 5.98. The van der Waals surface area contributed by atoms with Crippen LogP contribution in [0.25, 0.3) is 22.2 Å². The molecule has 3 aromatic carbocycles. The van der Waals surface area contributed by atoms with Crippen LogP contribution in [0, 0.1) is 0 Å². The van der Waals surface area contributed by atoms with E-state index in [1.807, 2.05) is 34.9 Å². The summed E-state index contributed by atoms with van der Waals surface area (Å²) in [5.74, 6) is -0.458. The SMILES string of the molecule is CCOC(=O)c1ccc2nc(C(=O)NCCn3cncn3)n(Cc3ccc(-c4ccccc4)cc3)c2c1. The molecule has 2 heterocycles. The second-order valence-corrected chi connectivity index (χ2v) is 8.42. The monoisotopic (exact) mass is 494 g/mol. The fourth-order valence-electron chi connectivity index (χ4n) is 4.12. The number of nitrogens with zero attached hydrogens (tertiary/aromatic N) is 5. The maximum absolute atomic E-state index is 13.2. The van der Waals surface area contributed by atoms with Crippen LogP contribution in [0.1, 0.15) is 33.5 Å². The number of rotatable bonds is 9. The van der Waals surface area contributed by atoms with E-state index < -0.39 is 5.97 Å². The summed E-state index contributed by atoms with van der Waals surface area (Å²) in [6, 6.07) is 23.5. The van der Waals surface area contributed by atoms with Gasteiger partial charge in [-0.25, -0.2) is 14.8 Å². The van der Waals surface area contributed by atoms with E-state index in [9.17, 15) is 9.59 Å². The molecule has 0 aliphatic rings. The second kappa shape index (κ2) is 10.9. The Morgan fingerprint density at radius 2 is 1.76 bits per heavy atom. The van der Waals surface area contributed by atoms with Crippen molar-refractivity contribution >= 4 is 22.9 Å². The first-order valence-electron chi connectivity index (χ1n) is 12.0. The Labute approximate surface area is 213 Å². The minimum absolute atomic E-state index is 0.265. The molecule has 0 atom stereocenters. The van der Waals surface area contributed by atoms with E-state index in [0.717, 1.165) is 16.7 Å². The molecule has 9 heteroatoms. The number of hydrogen-bond donors (Lipinski definition) is 1. The van der Waals surface area contributed by atoms with Gasteiger partial charge in [-0.2, -0.15) is 5.10 Å². The van der Waals surface area contributed by atoms with E-state index in [1.165, 1.54) is 6.33 Å². The number of carbonyl (C=O) groups is 2. The Morgan fingerprint density at radius 3 is 2.49 bits per heavy atom. The van der Waals surface area contributed by atoms with Gasteiger partial charge in [0.05, 0.1) is 29.7 Å². The summed E-state index contributed by atoms with van der Waals surface area (Å²) in [7, 11) is 0. The lowest BCUT2D eigenvalue weighted by atomic mass is 10.0. The van der Waals surface area contributed by atoms with Gasteiger partial charge >= 0.3 is 5.97 Å². The van der Waals surface area contributed by atoms with Gasteiger partial charge in [0.1, 0.15) is 12.7 Å². The summed E-state index contributed by atoms with van der Waals surface area (Å²) in [6.45, 7) is 3.31. The molecule has 0 bridgehead atoms. The van der Waals surface area contributed by atoms with Crippen LogP contribution in [-0.2, 0) is 17.8 Å². The Kier molecular flexibility index (Phi) is 7.02. The van der Waals surface area contributed by atoms with Gasteiger partial charge in [0, 0.05) is 13.1 Å². The van der Waals surface area contributed by atoms with E-state index in [1.54, 1.807) is 36.1 Å². The Balaban J connectivity index is 1.45. The number of amides is 1. The predicted molar refractivity (Wildman–Crippen MR) is 139 cm³/mol. The molecule has 0 saturated heterocycles. The average Bonchev–Trinajstić information content (AvgIpc) is 3.58. The molecule has 5 aromatic rings. The van der Waals surface area contributed by atoms with Gasteiger partial charge in [-0.15, -0.1) is 0 Å². The molecular weight excluding hydrogens is 468 g/mol. The number of esters is 1. The van der Waals surface area contributed by atoms with E-state index in [4.69, 9.17) is 4.74 Å². The quantitative estimate of drug-likeness (QED) is 0.311. The van der Waals surface area contributed by atoms with Gasteiger partial charge in [0.25, 0.3) is 5.91 Å². The number of fused-ring (bicyclic) bond motifs is 1. The summed E-state index contributed by atoms with van der Waals surface area (Å²) in [4.78, 5) is 34.1. The number of carbonyl (C=O) groups excluding carboxylic acids is 2. The Bertz CT molecular complexity index is 1510. The molecule has 0 saturated carbocycles. The summed E-state index contributed by atoms with van der Waals surface area (Å²) >= 11 is 0. The van der Waals surface area contributed by atoms with E-state index >= 15 is 0 Å². The number of hydrogen-bond acceptors (Lipinski definition) is 6. The van der Waals surface area contributed by atoms with E-state index in [-0.39, 0.29) is 18.3 Å². The lowest BCUT2D eigenvalue weighted by molar-refractivity contribution is 0.0526. The predicted octanol–water partition coefficient (Wildman–Crippen LogP) is 3.95. The molecule has 186 valence electrons. The van der Waals surface area contributed by atoms with Crippen LogP contribution >= 0.6 is 0 Å². The average molecular weight is 495 g/mol. The third-order valence-electron chi connectivity index (χ3n) is 5.96. The largest absolute Gasteiger partial charge is 0.462 e. The van der Waals surface area contributed by atoms with Crippen molar-refractivity contribution in [1.29, 1.82) is 0 Å². The maximum Gasteiger partial charge on any atom is 0.338 e. The molecule has 0 spiro atoms. The molecule has 1 amide bonds. The number of nitrogens with one attached hydrogen (secondary N) is 1.